The van der Waals surface area contributed by atoms with Gasteiger partial charge in [-0.15, -0.1) is 0 Å². The molecule has 1 amide bonds. The van der Waals surface area contributed by atoms with Gasteiger partial charge in [0.2, 0.25) is 0 Å². The Bertz CT molecular complexity index is 2060. The molecule has 5 aromatic carbocycles. The summed E-state index contributed by atoms with van der Waals surface area (Å²) in [6.07, 6.45) is -0.0232. The summed E-state index contributed by atoms with van der Waals surface area (Å²) in [6.45, 7) is 6.04. The van der Waals surface area contributed by atoms with Crippen LogP contribution in [0.25, 0.3) is 22.3 Å². The molecule has 0 spiro atoms. The Labute approximate surface area is 284 Å². The Hall–Kier alpha value is -4.99. The van der Waals surface area contributed by atoms with E-state index in [1.165, 1.54) is 42.5 Å². The zero-order valence-corrected chi connectivity index (χ0v) is 28.1. The average molecular weight is 685 g/mol. The van der Waals surface area contributed by atoms with Crippen LogP contribution >= 0.6 is 11.6 Å². The second kappa shape index (κ2) is 14.0. The van der Waals surface area contributed by atoms with Gasteiger partial charge in [0.05, 0.1) is 21.2 Å². The monoisotopic (exact) mass is 684 g/mol. The third kappa shape index (κ3) is 8.10. The fourth-order valence-electron chi connectivity index (χ4n) is 5.15. The molecule has 0 aromatic heterocycles. The smallest absolute Gasteiger partial charge is 0.326 e. The number of hydrogen-bond acceptors (Lipinski definition) is 4. The second-order valence-electron chi connectivity index (χ2n) is 12.4. The lowest BCUT2D eigenvalue weighted by Gasteiger charge is -2.20. The molecule has 0 heterocycles. The fraction of sp³-hybridized carbons (Fsp3) is 0.158. The van der Waals surface area contributed by atoms with Gasteiger partial charge in [-0.2, -0.15) is 0 Å². The maximum absolute atomic E-state index is 13.9. The zero-order chi connectivity index (χ0) is 34.6. The summed E-state index contributed by atoms with van der Waals surface area (Å²) in [4.78, 5) is 26.1. The number of carboxylic acids is 1. The first-order chi connectivity index (χ1) is 22.7. The molecule has 7 nitrogen and oxygen atoms in total. The lowest BCUT2D eigenvalue weighted by atomic mass is 9.87. The van der Waals surface area contributed by atoms with Crippen LogP contribution in [0.15, 0.2) is 120 Å². The normalized spacial score (nSPS) is 12.3. The van der Waals surface area contributed by atoms with E-state index in [-0.39, 0.29) is 33.0 Å². The van der Waals surface area contributed by atoms with Crippen LogP contribution < -0.4 is 10.0 Å². The van der Waals surface area contributed by atoms with Crippen molar-refractivity contribution in [3.63, 3.8) is 0 Å². The van der Waals surface area contributed by atoms with Crippen LogP contribution in [0.2, 0.25) is 5.02 Å². The predicted molar refractivity (Wildman–Crippen MR) is 187 cm³/mol. The van der Waals surface area contributed by atoms with Gasteiger partial charge >= 0.3 is 5.97 Å². The minimum Gasteiger partial charge on any atom is -0.480 e. The second-order valence-corrected chi connectivity index (χ2v) is 14.5. The van der Waals surface area contributed by atoms with Gasteiger partial charge in [0.15, 0.2) is 0 Å². The number of carbonyl (C=O) groups is 2. The van der Waals surface area contributed by atoms with E-state index in [1.54, 1.807) is 30.3 Å². The third-order valence-corrected chi connectivity index (χ3v) is 9.57. The molecule has 3 N–H and O–H groups in total. The molecular weight excluding hydrogens is 651 g/mol. The number of rotatable bonds is 10. The molecule has 5 rings (SSSR count). The topological polar surface area (TPSA) is 113 Å². The van der Waals surface area contributed by atoms with Crippen molar-refractivity contribution in [3.05, 3.63) is 143 Å². The highest BCUT2D eigenvalue weighted by molar-refractivity contribution is 7.92. The summed E-state index contributed by atoms with van der Waals surface area (Å²) < 4.78 is 43.4. The van der Waals surface area contributed by atoms with Gasteiger partial charge in [-0.3, -0.25) is 9.52 Å². The number of amides is 1. The van der Waals surface area contributed by atoms with Crippen LogP contribution in [-0.4, -0.2) is 31.4 Å². The number of halogens is 2. The standard InChI is InChI=1S/C38H34ClFN2O5S/c1-38(2,3)29-15-17-30(18-16-29)48(46,47)42-34-20-14-27(28-13-19-33(40)32(39)23-28)22-31(34)36(43)41-35(37(44)45)21-24-9-11-26(12-10-24)25-7-5-4-6-8-25/h4-20,22-23,35,42H,21H2,1-3H3,(H,41,43)(H,44,45)/t35-/m0/s1. The van der Waals surface area contributed by atoms with E-state index in [4.69, 9.17) is 11.6 Å². The van der Waals surface area contributed by atoms with E-state index in [0.29, 0.717) is 16.7 Å². The molecule has 0 saturated carbocycles. The molecule has 48 heavy (non-hydrogen) atoms. The predicted octanol–water partition coefficient (Wildman–Crippen LogP) is 8.34. The highest BCUT2D eigenvalue weighted by atomic mass is 35.5. The molecule has 10 heteroatoms. The van der Waals surface area contributed by atoms with Crippen LogP contribution in [0.5, 0.6) is 0 Å². The van der Waals surface area contributed by atoms with Crippen molar-refractivity contribution < 1.29 is 27.5 Å². The number of sulfonamides is 1. The first-order valence-electron chi connectivity index (χ1n) is 15.1. The van der Waals surface area contributed by atoms with Crippen molar-refractivity contribution in [1.29, 1.82) is 0 Å². The van der Waals surface area contributed by atoms with Crippen molar-refractivity contribution >= 4 is 39.2 Å². The molecule has 0 aliphatic heterocycles. The minimum absolute atomic E-state index is 0.0152. The number of carbonyl (C=O) groups excluding carboxylic acids is 1. The van der Waals surface area contributed by atoms with Crippen LogP contribution in [0, 0.1) is 5.82 Å². The average Bonchev–Trinajstić information content (AvgIpc) is 3.06. The Morgan fingerprint density at radius 2 is 1.38 bits per heavy atom. The summed E-state index contributed by atoms with van der Waals surface area (Å²) >= 11 is 6.01. The lowest BCUT2D eigenvalue weighted by Crippen LogP contribution is -2.42. The van der Waals surface area contributed by atoms with Crippen LogP contribution in [0.4, 0.5) is 10.1 Å². The first-order valence-corrected chi connectivity index (χ1v) is 17.0. The number of aliphatic carboxylic acids is 1. The van der Waals surface area contributed by atoms with Crippen LogP contribution in [-0.2, 0) is 26.7 Å². The Kier molecular flexibility index (Phi) is 10.0. The third-order valence-electron chi connectivity index (χ3n) is 7.90. The van der Waals surface area contributed by atoms with Gasteiger partial charge in [0.1, 0.15) is 11.9 Å². The fourth-order valence-corrected chi connectivity index (χ4v) is 6.41. The largest absolute Gasteiger partial charge is 0.480 e. The van der Waals surface area contributed by atoms with E-state index < -0.39 is 33.8 Å². The SMILES string of the molecule is CC(C)(C)c1ccc(S(=O)(=O)Nc2ccc(-c3ccc(F)c(Cl)c3)cc2C(=O)N[C@@H](Cc2ccc(-c3ccccc3)cc2)C(=O)O)cc1. The van der Waals surface area contributed by atoms with Crippen LogP contribution in [0.3, 0.4) is 0 Å². The highest BCUT2D eigenvalue weighted by Gasteiger charge is 2.25. The van der Waals surface area contributed by atoms with E-state index in [1.807, 2.05) is 63.2 Å². The summed E-state index contributed by atoms with van der Waals surface area (Å²) in [7, 11) is -4.16. The molecule has 0 radical (unpaired) electrons. The number of carboxylic acid groups (broad SMARTS) is 1. The lowest BCUT2D eigenvalue weighted by molar-refractivity contribution is -0.139. The summed E-state index contributed by atoms with van der Waals surface area (Å²) in [5.41, 5.74) is 4.10. The van der Waals surface area contributed by atoms with Gasteiger partial charge in [0.25, 0.3) is 15.9 Å². The summed E-state index contributed by atoms with van der Waals surface area (Å²) in [5, 5.41) is 12.5. The molecule has 0 aliphatic rings. The van der Waals surface area contributed by atoms with E-state index in [0.717, 1.165) is 16.7 Å². The van der Waals surface area contributed by atoms with Crippen molar-refractivity contribution in [1.82, 2.24) is 5.32 Å². The molecular formula is C38H34ClFN2O5S. The maximum atomic E-state index is 13.9. The summed E-state index contributed by atoms with van der Waals surface area (Å²) in [6, 6.07) is 30.6. The Morgan fingerprint density at radius 3 is 1.98 bits per heavy atom. The molecule has 0 aliphatic carbocycles. The molecule has 0 saturated heterocycles. The quantitative estimate of drug-likeness (QED) is 0.137. The minimum atomic E-state index is -4.16. The van der Waals surface area contributed by atoms with E-state index in [9.17, 15) is 27.5 Å². The van der Waals surface area contributed by atoms with E-state index >= 15 is 0 Å². The van der Waals surface area contributed by atoms with Gasteiger partial charge in [-0.05, 0) is 75.2 Å². The van der Waals surface area contributed by atoms with Crippen molar-refractivity contribution in [3.8, 4) is 22.3 Å². The number of hydrogen-bond donors (Lipinski definition) is 3. The summed E-state index contributed by atoms with van der Waals surface area (Å²) in [5.74, 6) is -2.71. The molecule has 1 atom stereocenters. The molecule has 246 valence electrons. The Morgan fingerprint density at radius 1 is 0.792 bits per heavy atom. The number of benzene rings is 5. The maximum Gasteiger partial charge on any atom is 0.326 e. The van der Waals surface area contributed by atoms with Crippen molar-refractivity contribution in [2.75, 3.05) is 4.72 Å². The highest BCUT2D eigenvalue weighted by Crippen LogP contribution is 2.31. The Balaban J connectivity index is 1.46. The van der Waals surface area contributed by atoms with E-state index in [2.05, 4.69) is 10.0 Å². The van der Waals surface area contributed by atoms with Gasteiger partial charge in [-0.1, -0.05) is 111 Å². The van der Waals surface area contributed by atoms with Gasteiger partial charge in [0, 0.05) is 6.42 Å². The molecule has 5 aromatic rings. The number of nitrogens with one attached hydrogen (secondary N) is 2. The molecule has 0 bridgehead atoms. The zero-order valence-electron chi connectivity index (χ0n) is 26.5. The molecule has 0 fully saturated rings. The van der Waals surface area contributed by atoms with Crippen molar-refractivity contribution in [2.24, 2.45) is 0 Å². The van der Waals surface area contributed by atoms with Crippen LogP contribution in [0.1, 0.15) is 42.3 Å². The van der Waals surface area contributed by atoms with Gasteiger partial charge in [-0.25, -0.2) is 17.6 Å². The van der Waals surface area contributed by atoms with Crippen molar-refractivity contribution in [2.45, 2.75) is 43.5 Å². The first kappa shape index (κ1) is 34.3. The van der Waals surface area contributed by atoms with Gasteiger partial charge < -0.3 is 10.4 Å². The number of anilines is 1. The molecule has 0 unspecified atom stereocenters.